The molecule has 0 saturated carbocycles. The first-order valence-electron chi connectivity index (χ1n) is 8.42. The highest BCUT2D eigenvalue weighted by Crippen LogP contribution is 2.21. The fourth-order valence-electron chi connectivity index (χ4n) is 2.57. The number of rotatable bonds is 7. The van der Waals surface area contributed by atoms with Gasteiger partial charge in [0.1, 0.15) is 5.82 Å². The molecule has 1 N–H and O–H groups in total. The smallest absolute Gasteiger partial charge is 0.258 e. The molecule has 0 aliphatic heterocycles. The third-order valence-electron chi connectivity index (χ3n) is 4.05. The third-order valence-corrected chi connectivity index (χ3v) is 6.10. The summed E-state index contributed by atoms with van der Waals surface area (Å²) in [7, 11) is -3.82. The monoisotopic (exact) mass is 392 g/mol. The van der Waals surface area contributed by atoms with Crippen molar-refractivity contribution in [3.63, 3.8) is 0 Å². The molecule has 0 fully saturated rings. The number of carbonyl (C=O) groups excluding carboxylic acids is 2. The van der Waals surface area contributed by atoms with Gasteiger partial charge in [-0.1, -0.05) is 26.0 Å². The minimum absolute atomic E-state index is 0.157. The van der Waals surface area contributed by atoms with Gasteiger partial charge in [-0.25, -0.2) is 12.8 Å². The van der Waals surface area contributed by atoms with E-state index in [1.807, 2.05) is 0 Å². The number of ketones is 1. The van der Waals surface area contributed by atoms with Crippen molar-refractivity contribution in [1.82, 2.24) is 4.31 Å². The fourth-order valence-corrected chi connectivity index (χ4v) is 4.05. The second-order valence-electron chi connectivity index (χ2n) is 5.82. The number of halogens is 1. The number of nitrogens with zero attached hydrogens (tertiary/aromatic N) is 1. The van der Waals surface area contributed by atoms with E-state index in [2.05, 4.69) is 5.32 Å². The Kier molecular flexibility index (Phi) is 6.45. The molecule has 0 bridgehead atoms. The molecular weight excluding hydrogens is 371 g/mol. The molecule has 1 amide bonds. The van der Waals surface area contributed by atoms with E-state index in [1.54, 1.807) is 32.0 Å². The second-order valence-corrected chi connectivity index (χ2v) is 7.76. The van der Waals surface area contributed by atoms with Gasteiger partial charge >= 0.3 is 0 Å². The Bertz CT molecular complexity index is 969. The number of carbonyl (C=O) groups is 2. The van der Waals surface area contributed by atoms with Crippen molar-refractivity contribution >= 4 is 27.4 Å². The van der Waals surface area contributed by atoms with Crippen LogP contribution in [0.1, 0.15) is 41.5 Å². The average Bonchev–Trinajstić information content (AvgIpc) is 2.62. The highest BCUT2D eigenvalue weighted by Gasteiger charge is 2.24. The Hall–Kier alpha value is -2.58. The molecule has 144 valence electrons. The zero-order valence-electron chi connectivity index (χ0n) is 15.3. The lowest BCUT2D eigenvalue weighted by Crippen LogP contribution is -2.31. The van der Waals surface area contributed by atoms with Gasteiger partial charge in [0, 0.05) is 24.3 Å². The van der Waals surface area contributed by atoms with Crippen LogP contribution in [0.5, 0.6) is 0 Å². The van der Waals surface area contributed by atoms with Crippen LogP contribution >= 0.6 is 0 Å². The van der Waals surface area contributed by atoms with E-state index in [0.29, 0.717) is 11.3 Å². The van der Waals surface area contributed by atoms with Crippen LogP contribution in [0.15, 0.2) is 47.4 Å². The molecule has 0 atom stereocenters. The summed E-state index contributed by atoms with van der Waals surface area (Å²) in [6, 6.07) is 9.31. The molecular formula is C19H21FN2O4S. The zero-order valence-corrected chi connectivity index (χ0v) is 16.1. The number of sulfonamides is 1. The number of nitrogens with one attached hydrogen (secondary N) is 1. The number of anilines is 1. The quantitative estimate of drug-likeness (QED) is 0.733. The number of hydrogen-bond acceptors (Lipinski definition) is 4. The van der Waals surface area contributed by atoms with Crippen LogP contribution in [-0.2, 0) is 10.0 Å². The van der Waals surface area contributed by atoms with Gasteiger partial charge in [0.15, 0.2) is 5.78 Å². The summed E-state index contributed by atoms with van der Waals surface area (Å²) in [5.41, 5.74) is 0.312. The normalized spacial score (nSPS) is 11.4. The highest BCUT2D eigenvalue weighted by molar-refractivity contribution is 7.89. The van der Waals surface area contributed by atoms with Gasteiger partial charge in [-0.15, -0.1) is 0 Å². The van der Waals surface area contributed by atoms with Crippen LogP contribution in [0.25, 0.3) is 0 Å². The van der Waals surface area contributed by atoms with E-state index in [1.165, 1.54) is 17.3 Å². The third kappa shape index (κ3) is 4.58. The Morgan fingerprint density at radius 2 is 1.74 bits per heavy atom. The van der Waals surface area contributed by atoms with Crippen LogP contribution in [0, 0.1) is 5.82 Å². The lowest BCUT2D eigenvalue weighted by molar-refractivity contribution is 0.100. The van der Waals surface area contributed by atoms with Gasteiger partial charge in [0.2, 0.25) is 10.0 Å². The fraction of sp³-hybridized carbons (Fsp3) is 0.263. The van der Waals surface area contributed by atoms with E-state index < -0.39 is 27.3 Å². The first-order chi connectivity index (χ1) is 12.7. The second kappa shape index (κ2) is 8.41. The molecule has 6 nitrogen and oxygen atoms in total. The molecule has 0 spiro atoms. The minimum atomic E-state index is -3.82. The zero-order chi connectivity index (χ0) is 20.2. The van der Waals surface area contributed by atoms with Crippen LogP contribution in [0.3, 0.4) is 0 Å². The molecule has 27 heavy (non-hydrogen) atoms. The molecule has 0 aliphatic rings. The first-order valence-corrected chi connectivity index (χ1v) is 9.86. The van der Waals surface area contributed by atoms with Crippen molar-refractivity contribution in [2.75, 3.05) is 18.4 Å². The average molecular weight is 392 g/mol. The van der Waals surface area contributed by atoms with Gasteiger partial charge in [-0.2, -0.15) is 4.31 Å². The Morgan fingerprint density at radius 3 is 2.33 bits per heavy atom. The lowest BCUT2D eigenvalue weighted by atomic mass is 10.1. The van der Waals surface area contributed by atoms with Gasteiger partial charge < -0.3 is 5.32 Å². The maximum absolute atomic E-state index is 14.2. The number of hydrogen-bond donors (Lipinski definition) is 1. The SMILES string of the molecule is CCN(CC)S(=O)(=O)c1ccc(F)c(C(=O)Nc2cccc(C(C)=O)c2)c1. The number of amides is 1. The molecule has 2 rings (SSSR count). The van der Waals surface area contributed by atoms with E-state index in [4.69, 9.17) is 0 Å². The molecule has 8 heteroatoms. The topological polar surface area (TPSA) is 83.6 Å². The van der Waals surface area contributed by atoms with Crippen molar-refractivity contribution in [2.45, 2.75) is 25.7 Å². The highest BCUT2D eigenvalue weighted by atomic mass is 32.2. The predicted octanol–water partition coefficient (Wildman–Crippen LogP) is 3.31. The summed E-state index contributed by atoms with van der Waals surface area (Å²) >= 11 is 0. The van der Waals surface area contributed by atoms with Crippen molar-refractivity contribution in [3.05, 3.63) is 59.4 Å². The summed E-state index contributed by atoms with van der Waals surface area (Å²) in [6.07, 6.45) is 0. The van der Waals surface area contributed by atoms with Crippen molar-refractivity contribution < 1.29 is 22.4 Å². The van der Waals surface area contributed by atoms with E-state index >= 15 is 0 Å². The molecule has 0 radical (unpaired) electrons. The van der Waals surface area contributed by atoms with Gasteiger partial charge in [-0.3, -0.25) is 9.59 Å². The van der Waals surface area contributed by atoms with E-state index in [-0.39, 0.29) is 23.8 Å². The maximum atomic E-state index is 14.2. The van der Waals surface area contributed by atoms with Gasteiger partial charge in [0.05, 0.1) is 10.5 Å². The number of Topliss-reactive ketones (excluding diaryl/α,β-unsaturated/α-hetero) is 1. The molecule has 0 unspecified atom stereocenters. The maximum Gasteiger partial charge on any atom is 0.258 e. The van der Waals surface area contributed by atoms with Crippen LogP contribution in [0.4, 0.5) is 10.1 Å². The van der Waals surface area contributed by atoms with Crippen molar-refractivity contribution in [3.8, 4) is 0 Å². The first kappa shape index (κ1) is 20.7. The summed E-state index contributed by atoms with van der Waals surface area (Å²) in [5.74, 6) is -1.82. The summed E-state index contributed by atoms with van der Waals surface area (Å²) in [4.78, 5) is 23.7. The standard InChI is InChI=1S/C19H21FN2O4S/c1-4-22(5-2)27(25,26)16-9-10-18(20)17(12-16)19(24)21-15-8-6-7-14(11-15)13(3)23/h6-12H,4-5H2,1-3H3,(H,21,24). The molecule has 2 aromatic carbocycles. The van der Waals surface area contributed by atoms with Crippen LogP contribution < -0.4 is 5.32 Å². The lowest BCUT2D eigenvalue weighted by Gasteiger charge is -2.19. The Morgan fingerprint density at radius 1 is 1.07 bits per heavy atom. The summed E-state index contributed by atoms with van der Waals surface area (Å²) in [5, 5.41) is 2.49. The van der Waals surface area contributed by atoms with E-state index in [0.717, 1.165) is 18.2 Å². The summed E-state index contributed by atoms with van der Waals surface area (Å²) in [6.45, 7) is 5.30. The largest absolute Gasteiger partial charge is 0.322 e. The Balaban J connectivity index is 2.37. The van der Waals surface area contributed by atoms with Crippen LogP contribution in [-0.4, -0.2) is 37.5 Å². The molecule has 0 heterocycles. The summed E-state index contributed by atoms with van der Waals surface area (Å²) < 4.78 is 40.6. The minimum Gasteiger partial charge on any atom is -0.322 e. The van der Waals surface area contributed by atoms with E-state index in [9.17, 15) is 22.4 Å². The molecule has 0 saturated heterocycles. The molecule has 2 aromatic rings. The van der Waals surface area contributed by atoms with Crippen LogP contribution in [0.2, 0.25) is 0 Å². The van der Waals surface area contributed by atoms with Gasteiger partial charge in [0.25, 0.3) is 5.91 Å². The molecule has 0 aliphatic carbocycles. The van der Waals surface area contributed by atoms with Crippen molar-refractivity contribution in [1.29, 1.82) is 0 Å². The Labute approximate surface area is 158 Å². The number of benzene rings is 2. The molecule has 0 aromatic heterocycles. The van der Waals surface area contributed by atoms with Gasteiger partial charge in [-0.05, 0) is 37.3 Å². The predicted molar refractivity (Wildman–Crippen MR) is 101 cm³/mol. The van der Waals surface area contributed by atoms with Crippen molar-refractivity contribution in [2.24, 2.45) is 0 Å².